The van der Waals surface area contributed by atoms with Crippen LogP contribution in [0.4, 0.5) is 13.2 Å². The van der Waals surface area contributed by atoms with E-state index in [9.17, 15) is 13.2 Å². The van der Waals surface area contributed by atoms with Crippen molar-refractivity contribution in [2.45, 2.75) is 13.0 Å². The van der Waals surface area contributed by atoms with Crippen LogP contribution in [0, 0.1) is 0 Å². The van der Waals surface area contributed by atoms with Crippen LogP contribution in [0.5, 0.6) is 5.75 Å². The summed E-state index contributed by atoms with van der Waals surface area (Å²) in [7, 11) is 0. The normalized spacial score (nSPS) is 10.7. The molecule has 0 aliphatic heterocycles. The molecule has 0 saturated heterocycles. The Morgan fingerprint density at radius 2 is 1.93 bits per heavy atom. The van der Waals surface area contributed by atoms with Gasteiger partial charge in [0, 0.05) is 0 Å². The summed E-state index contributed by atoms with van der Waals surface area (Å²) < 4.78 is 39.0. The lowest BCUT2D eigenvalue weighted by atomic mass is 10.2. The molecule has 0 radical (unpaired) electrons. The standard InChI is InChI=1S/C8H8F3NO2.ClH/c9-8(10,11)14-7-3-1-2-6(4-7)5-13-12;/h1-4H,5,12H2;1H. The Kier molecular flexibility index (Phi) is 5.41. The topological polar surface area (TPSA) is 44.5 Å². The molecule has 3 nitrogen and oxygen atoms in total. The lowest BCUT2D eigenvalue weighted by Gasteiger charge is -2.09. The Hall–Kier alpha value is -0.980. The van der Waals surface area contributed by atoms with E-state index in [1.807, 2.05) is 0 Å². The molecule has 0 spiro atoms. The highest BCUT2D eigenvalue weighted by molar-refractivity contribution is 5.85. The van der Waals surface area contributed by atoms with Gasteiger partial charge in [-0.3, -0.25) is 4.84 Å². The van der Waals surface area contributed by atoms with Crippen molar-refractivity contribution in [3.63, 3.8) is 0 Å². The summed E-state index contributed by atoms with van der Waals surface area (Å²) in [6, 6.07) is 5.42. The molecule has 0 heterocycles. The first-order valence-corrected chi connectivity index (χ1v) is 3.67. The molecule has 0 saturated carbocycles. The zero-order chi connectivity index (χ0) is 10.6. The number of ether oxygens (including phenoxy) is 1. The quantitative estimate of drug-likeness (QED) is 0.829. The summed E-state index contributed by atoms with van der Waals surface area (Å²) in [5.74, 6) is 4.49. The smallest absolute Gasteiger partial charge is 0.406 e. The predicted octanol–water partition coefficient (Wildman–Crippen LogP) is 2.40. The van der Waals surface area contributed by atoms with Crippen LogP contribution in [-0.4, -0.2) is 6.36 Å². The van der Waals surface area contributed by atoms with E-state index in [1.165, 1.54) is 18.2 Å². The largest absolute Gasteiger partial charge is 0.573 e. The Morgan fingerprint density at radius 1 is 1.27 bits per heavy atom. The van der Waals surface area contributed by atoms with Crippen molar-refractivity contribution in [3.05, 3.63) is 29.8 Å². The van der Waals surface area contributed by atoms with Gasteiger partial charge in [0.1, 0.15) is 5.75 Å². The molecule has 86 valence electrons. The summed E-state index contributed by atoms with van der Waals surface area (Å²) in [6.07, 6.45) is -4.68. The van der Waals surface area contributed by atoms with E-state index in [4.69, 9.17) is 5.90 Å². The number of hydrogen-bond donors (Lipinski definition) is 1. The van der Waals surface area contributed by atoms with E-state index in [1.54, 1.807) is 6.07 Å². The molecule has 0 aliphatic rings. The van der Waals surface area contributed by atoms with Crippen LogP contribution in [0.15, 0.2) is 24.3 Å². The minimum absolute atomic E-state index is 0. The van der Waals surface area contributed by atoms with Gasteiger partial charge in [0.25, 0.3) is 0 Å². The maximum atomic E-state index is 11.8. The second kappa shape index (κ2) is 5.79. The van der Waals surface area contributed by atoms with Crippen LogP contribution in [0.25, 0.3) is 0 Å². The first kappa shape index (κ1) is 14.0. The van der Waals surface area contributed by atoms with E-state index >= 15 is 0 Å². The van der Waals surface area contributed by atoms with Crippen LogP contribution in [0.2, 0.25) is 0 Å². The van der Waals surface area contributed by atoms with Gasteiger partial charge in [-0.1, -0.05) is 12.1 Å². The SMILES string of the molecule is Cl.NOCc1cccc(OC(F)(F)F)c1. The predicted molar refractivity (Wildman–Crippen MR) is 49.3 cm³/mol. The Balaban J connectivity index is 0.00000196. The van der Waals surface area contributed by atoms with Crippen LogP contribution < -0.4 is 10.6 Å². The molecule has 0 unspecified atom stereocenters. The molecule has 0 aliphatic carbocycles. The number of alkyl halides is 3. The zero-order valence-corrected chi connectivity index (χ0v) is 8.27. The number of nitrogens with two attached hydrogens (primary N) is 1. The number of hydrogen-bond acceptors (Lipinski definition) is 3. The molecule has 1 rings (SSSR count). The average Bonchev–Trinajstić information content (AvgIpc) is 2.02. The molecule has 0 fully saturated rings. The molecule has 1 aromatic carbocycles. The molecule has 0 bridgehead atoms. The van der Waals surface area contributed by atoms with Crippen molar-refractivity contribution < 1.29 is 22.7 Å². The van der Waals surface area contributed by atoms with Crippen molar-refractivity contribution >= 4 is 12.4 Å². The van der Waals surface area contributed by atoms with Crippen molar-refractivity contribution in [1.29, 1.82) is 0 Å². The minimum Gasteiger partial charge on any atom is -0.406 e. The minimum atomic E-state index is -4.68. The molecule has 7 heteroatoms. The summed E-state index contributed by atoms with van der Waals surface area (Å²) >= 11 is 0. The number of halogens is 4. The van der Waals surface area contributed by atoms with Crippen LogP contribution in [0.1, 0.15) is 5.56 Å². The molecule has 0 aromatic heterocycles. The highest BCUT2D eigenvalue weighted by atomic mass is 35.5. The third kappa shape index (κ3) is 5.46. The van der Waals surface area contributed by atoms with Crippen molar-refractivity contribution in [1.82, 2.24) is 0 Å². The second-order valence-corrected chi connectivity index (χ2v) is 2.51. The first-order valence-electron chi connectivity index (χ1n) is 3.67. The first-order chi connectivity index (χ1) is 6.51. The van der Waals surface area contributed by atoms with E-state index in [-0.39, 0.29) is 24.8 Å². The number of benzene rings is 1. The Morgan fingerprint density at radius 3 is 2.47 bits per heavy atom. The highest BCUT2D eigenvalue weighted by Gasteiger charge is 2.31. The second-order valence-electron chi connectivity index (χ2n) is 2.51. The van der Waals surface area contributed by atoms with E-state index in [2.05, 4.69) is 9.57 Å². The Labute approximate surface area is 90.3 Å². The third-order valence-corrected chi connectivity index (χ3v) is 1.38. The van der Waals surface area contributed by atoms with Gasteiger partial charge in [0.15, 0.2) is 0 Å². The number of rotatable bonds is 3. The maximum absolute atomic E-state index is 11.8. The van der Waals surface area contributed by atoms with Crippen LogP contribution >= 0.6 is 12.4 Å². The molecule has 2 N–H and O–H groups in total. The van der Waals surface area contributed by atoms with Gasteiger partial charge in [-0.2, -0.15) is 0 Å². The highest BCUT2D eigenvalue weighted by Crippen LogP contribution is 2.23. The zero-order valence-electron chi connectivity index (χ0n) is 7.45. The molecular formula is C8H9ClF3NO2. The average molecular weight is 244 g/mol. The van der Waals surface area contributed by atoms with Crippen molar-refractivity contribution in [2.75, 3.05) is 0 Å². The maximum Gasteiger partial charge on any atom is 0.573 e. The van der Waals surface area contributed by atoms with Gasteiger partial charge >= 0.3 is 6.36 Å². The van der Waals surface area contributed by atoms with Crippen molar-refractivity contribution in [3.8, 4) is 5.75 Å². The fraction of sp³-hybridized carbons (Fsp3) is 0.250. The summed E-state index contributed by atoms with van der Waals surface area (Å²) in [4.78, 5) is 4.28. The molecular weight excluding hydrogens is 235 g/mol. The van der Waals surface area contributed by atoms with E-state index in [0.29, 0.717) is 5.56 Å². The van der Waals surface area contributed by atoms with Gasteiger partial charge in [0.2, 0.25) is 0 Å². The van der Waals surface area contributed by atoms with E-state index < -0.39 is 6.36 Å². The monoisotopic (exact) mass is 243 g/mol. The van der Waals surface area contributed by atoms with E-state index in [0.717, 1.165) is 0 Å². The third-order valence-electron chi connectivity index (χ3n) is 1.38. The van der Waals surface area contributed by atoms with Crippen molar-refractivity contribution in [2.24, 2.45) is 5.90 Å². The Bertz CT molecular complexity index is 306. The lowest BCUT2D eigenvalue weighted by molar-refractivity contribution is -0.274. The van der Waals surface area contributed by atoms with Crippen LogP contribution in [0.3, 0.4) is 0 Å². The van der Waals surface area contributed by atoms with Gasteiger partial charge in [0.05, 0.1) is 6.61 Å². The molecule has 0 atom stereocenters. The molecule has 1 aromatic rings. The van der Waals surface area contributed by atoms with Gasteiger partial charge in [-0.25, -0.2) is 5.90 Å². The van der Waals surface area contributed by atoms with Gasteiger partial charge < -0.3 is 4.74 Å². The van der Waals surface area contributed by atoms with Gasteiger partial charge in [-0.15, -0.1) is 25.6 Å². The van der Waals surface area contributed by atoms with Gasteiger partial charge in [-0.05, 0) is 17.7 Å². The molecule has 15 heavy (non-hydrogen) atoms. The summed E-state index contributed by atoms with van der Waals surface area (Å²) in [6.45, 7) is 0.0368. The fourth-order valence-corrected chi connectivity index (χ4v) is 0.929. The van der Waals surface area contributed by atoms with Crippen LogP contribution in [-0.2, 0) is 11.4 Å². The summed E-state index contributed by atoms with van der Waals surface area (Å²) in [5.41, 5.74) is 0.509. The fourth-order valence-electron chi connectivity index (χ4n) is 0.929. The summed E-state index contributed by atoms with van der Waals surface area (Å²) in [5, 5.41) is 0. The lowest BCUT2D eigenvalue weighted by Crippen LogP contribution is -2.17. The molecule has 0 amide bonds.